The Bertz CT molecular complexity index is 542. The van der Waals surface area contributed by atoms with Crippen molar-refractivity contribution in [2.24, 2.45) is 11.8 Å². The molecule has 2 heterocycles. The second-order valence-corrected chi connectivity index (χ2v) is 9.11. The molecule has 0 saturated carbocycles. The van der Waals surface area contributed by atoms with E-state index in [-0.39, 0.29) is 48.5 Å². The van der Waals surface area contributed by atoms with Crippen molar-refractivity contribution in [3.8, 4) is 0 Å². The Morgan fingerprint density at radius 2 is 2.05 bits per heavy atom. The zero-order valence-corrected chi connectivity index (χ0v) is 14.3. The highest BCUT2D eigenvalue weighted by Crippen LogP contribution is 2.27. The number of hydrogen-bond acceptors (Lipinski definition) is 5. The van der Waals surface area contributed by atoms with Gasteiger partial charge >= 0.3 is 5.97 Å². The normalized spacial score (nSPS) is 29.1. The smallest absolute Gasteiger partial charge is 0.311 e. The van der Waals surface area contributed by atoms with Gasteiger partial charge < -0.3 is 9.64 Å². The summed E-state index contributed by atoms with van der Waals surface area (Å²) in [7, 11) is -3.04. The third kappa shape index (κ3) is 4.21. The van der Waals surface area contributed by atoms with Crippen LogP contribution in [-0.4, -0.2) is 55.4 Å². The molecule has 22 heavy (non-hydrogen) atoms. The predicted molar refractivity (Wildman–Crippen MR) is 81.9 cm³/mol. The number of rotatable bonds is 5. The number of ether oxygens (including phenoxy) is 1. The molecule has 0 unspecified atom stereocenters. The highest BCUT2D eigenvalue weighted by Gasteiger charge is 2.42. The van der Waals surface area contributed by atoms with E-state index in [1.165, 1.54) is 0 Å². The number of sulfone groups is 1. The SMILES string of the molecule is CC(C)C[C@H](C)OC(=O)[C@@H]1CC(=O)N([C@H]2CCS(=O)(=O)C2)C1. The van der Waals surface area contributed by atoms with Crippen molar-refractivity contribution < 1.29 is 22.7 Å². The van der Waals surface area contributed by atoms with Crippen LogP contribution in [-0.2, 0) is 24.2 Å². The first-order valence-corrected chi connectivity index (χ1v) is 9.70. The number of likely N-dealkylation sites (tertiary alicyclic amines) is 1. The molecule has 0 aromatic carbocycles. The van der Waals surface area contributed by atoms with E-state index in [1.807, 2.05) is 6.92 Å². The number of carbonyl (C=O) groups is 2. The van der Waals surface area contributed by atoms with Crippen LogP contribution >= 0.6 is 0 Å². The maximum atomic E-state index is 12.2. The van der Waals surface area contributed by atoms with Crippen molar-refractivity contribution in [2.75, 3.05) is 18.1 Å². The summed E-state index contributed by atoms with van der Waals surface area (Å²) in [5.74, 6) is -0.365. The summed E-state index contributed by atoms with van der Waals surface area (Å²) in [4.78, 5) is 25.8. The van der Waals surface area contributed by atoms with Crippen LogP contribution in [0, 0.1) is 11.8 Å². The minimum Gasteiger partial charge on any atom is -0.462 e. The Hall–Kier alpha value is -1.11. The molecule has 126 valence electrons. The maximum absolute atomic E-state index is 12.2. The summed E-state index contributed by atoms with van der Waals surface area (Å²) in [6.07, 6.45) is 1.23. The van der Waals surface area contributed by atoms with E-state index in [1.54, 1.807) is 4.90 Å². The fourth-order valence-corrected chi connectivity index (χ4v) is 5.00. The van der Waals surface area contributed by atoms with Crippen molar-refractivity contribution >= 4 is 21.7 Å². The Morgan fingerprint density at radius 1 is 1.36 bits per heavy atom. The summed E-state index contributed by atoms with van der Waals surface area (Å²) < 4.78 is 28.5. The van der Waals surface area contributed by atoms with Crippen molar-refractivity contribution in [3.05, 3.63) is 0 Å². The second kappa shape index (κ2) is 6.56. The summed E-state index contributed by atoms with van der Waals surface area (Å²) in [5, 5.41) is 0. The molecule has 1 amide bonds. The molecule has 3 atom stereocenters. The molecule has 2 aliphatic heterocycles. The van der Waals surface area contributed by atoms with Crippen molar-refractivity contribution in [1.29, 1.82) is 0 Å². The van der Waals surface area contributed by atoms with Crippen LogP contribution in [0.2, 0.25) is 0 Å². The monoisotopic (exact) mass is 331 g/mol. The van der Waals surface area contributed by atoms with E-state index in [4.69, 9.17) is 4.74 Å². The van der Waals surface area contributed by atoms with Gasteiger partial charge in [0.1, 0.15) is 0 Å². The molecule has 2 saturated heterocycles. The fraction of sp³-hybridized carbons (Fsp3) is 0.867. The van der Waals surface area contributed by atoms with Gasteiger partial charge in [0, 0.05) is 19.0 Å². The first kappa shape index (κ1) is 17.2. The molecule has 0 radical (unpaired) electrons. The van der Waals surface area contributed by atoms with E-state index in [9.17, 15) is 18.0 Å². The van der Waals surface area contributed by atoms with Gasteiger partial charge in [-0.25, -0.2) is 8.42 Å². The molecule has 0 spiro atoms. The molecular weight excluding hydrogens is 306 g/mol. The number of hydrogen-bond donors (Lipinski definition) is 0. The van der Waals surface area contributed by atoms with Gasteiger partial charge in [-0.2, -0.15) is 0 Å². The van der Waals surface area contributed by atoms with Crippen LogP contribution in [0.25, 0.3) is 0 Å². The van der Waals surface area contributed by atoms with Gasteiger partial charge in [-0.3, -0.25) is 9.59 Å². The largest absolute Gasteiger partial charge is 0.462 e. The van der Waals surface area contributed by atoms with Gasteiger partial charge in [0.25, 0.3) is 0 Å². The van der Waals surface area contributed by atoms with E-state index in [0.29, 0.717) is 12.3 Å². The van der Waals surface area contributed by atoms with Gasteiger partial charge in [-0.1, -0.05) is 13.8 Å². The molecule has 0 aliphatic carbocycles. The van der Waals surface area contributed by atoms with Gasteiger partial charge in [-0.05, 0) is 25.7 Å². The van der Waals surface area contributed by atoms with Gasteiger partial charge in [0.15, 0.2) is 9.84 Å². The lowest BCUT2D eigenvalue weighted by Crippen LogP contribution is -2.38. The molecule has 2 fully saturated rings. The number of nitrogens with zero attached hydrogens (tertiary/aromatic N) is 1. The lowest BCUT2D eigenvalue weighted by atomic mass is 10.1. The average Bonchev–Trinajstić information content (AvgIpc) is 2.91. The van der Waals surface area contributed by atoms with Gasteiger partial charge in [-0.15, -0.1) is 0 Å². The molecule has 2 rings (SSSR count). The topological polar surface area (TPSA) is 80.8 Å². The molecule has 6 nitrogen and oxygen atoms in total. The Balaban J connectivity index is 1.90. The molecule has 0 N–H and O–H groups in total. The van der Waals surface area contributed by atoms with Crippen LogP contribution in [0.5, 0.6) is 0 Å². The molecule has 0 bridgehead atoms. The molecule has 0 aromatic rings. The first-order valence-electron chi connectivity index (χ1n) is 7.88. The van der Waals surface area contributed by atoms with Crippen LogP contribution < -0.4 is 0 Å². The van der Waals surface area contributed by atoms with Gasteiger partial charge in [0.2, 0.25) is 5.91 Å². The molecule has 7 heteroatoms. The summed E-state index contributed by atoms with van der Waals surface area (Å²) in [6.45, 7) is 6.26. The third-order valence-electron chi connectivity index (χ3n) is 4.26. The van der Waals surface area contributed by atoms with E-state index < -0.39 is 15.8 Å². The number of amides is 1. The molecular formula is C15H25NO5S. The molecule has 0 aromatic heterocycles. The summed E-state index contributed by atoms with van der Waals surface area (Å²) in [6, 6.07) is -0.275. The number of carbonyl (C=O) groups excluding carboxylic acids is 2. The summed E-state index contributed by atoms with van der Waals surface area (Å²) in [5.41, 5.74) is 0. The Kier molecular flexibility index (Phi) is 5.14. The quantitative estimate of drug-likeness (QED) is 0.702. The average molecular weight is 331 g/mol. The van der Waals surface area contributed by atoms with E-state index >= 15 is 0 Å². The minimum absolute atomic E-state index is 0.0181. The lowest BCUT2D eigenvalue weighted by Gasteiger charge is -2.23. The van der Waals surface area contributed by atoms with Crippen LogP contribution in [0.4, 0.5) is 0 Å². The van der Waals surface area contributed by atoms with E-state index in [0.717, 1.165) is 6.42 Å². The maximum Gasteiger partial charge on any atom is 0.311 e. The summed E-state index contributed by atoms with van der Waals surface area (Å²) >= 11 is 0. The zero-order valence-electron chi connectivity index (χ0n) is 13.4. The van der Waals surface area contributed by atoms with Crippen molar-refractivity contribution in [1.82, 2.24) is 4.90 Å². The third-order valence-corrected chi connectivity index (χ3v) is 6.01. The predicted octanol–water partition coefficient (Wildman–Crippen LogP) is 1.000. The minimum atomic E-state index is -3.04. The second-order valence-electron chi connectivity index (χ2n) is 6.88. The zero-order chi connectivity index (χ0) is 16.5. The highest BCUT2D eigenvalue weighted by molar-refractivity contribution is 7.91. The molecule has 2 aliphatic rings. The lowest BCUT2D eigenvalue weighted by molar-refractivity contribution is -0.153. The number of esters is 1. The van der Waals surface area contributed by atoms with Crippen LogP contribution in [0.3, 0.4) is 0 Å². The van der Waals surface area contributed by atoms with Crippen molar-refractivity contribution in [2.45, 2.75) is 52.2 Å². The Labute approximate surface area is 132 Å². The van der Waals surface area contributed by atoms with Gasteiger partial charge in [0.05, 0.1) is 23.5 Å². The first-order chi connectivity index (χ1) is 10.2. The van der Waals surface area contributed by atoms with Crippen LogP contribution in [0.1, 0.15) is 40.0 Å². The highest BCUT2D eigenvalue weighted by atomic mass is 32.2. The fourth-order valence-electron chi connectivity index (χ4n) is 3.27. The van der Waals surface area contributed by atoms with Crippen molar-refractivity contribution in [3.63, 3.8) is 0 Å². The van der Waals surface area contributed by atoms with E-state index in [2.05, 4.69) is 13.8 Å². The standard InChI is InChI=1S/C15H25NO5S/c1-10(2)6-11(3)21-15(18)12-7-14(17)16(8-12)13-4-5-22(19,20)9-13/h10-13H,4-9H2,1-3H3/t11-,12+,13-/m0/s1. The van der Waals surface area contributed by atoms with Crippen LogP contribution in [0.15, 0.2) is 0 Å². The Morgan fingerprint density at radius 3 is 2.59 bits per heavy atom.